The van der Waals surface area contributed by atoms with Gasteiger partial charge in [0, 0.05) is 29.7 Å². The van der Waals surface area contributed by atoms with Crippen molar-refractivity contribution in [2.24, 2.45) is 0 Å². The average Bonchev–Trinajstić information content (AvgIpc) is 2.38. The van der Waals surface area contributed by atoms with E-state index in [-0.39, 0.29) is 11.3 Å². The van der Waals surface area contributed by atoms with E-state index in [4.69, 9.17) is 4.74 Å². The molecule has 5 heteroatoms. The van der Waals surface area contributed by atoms with Crippen molar-refractivity contribution in [1.82, 2.24) is 9.97 Å². The first-order valence-electron chi connectivity index (χ1n) is 4.89. The van der Waals surface area contributed by atoms with Crippen LogP contribution >= 0.6 is 0 Å². The fourth-order valence-electron chi connectivity index (χ4n) is 1.56. The van der Waals surface area contributed by atoms with Gasteiger partial charge in [-0.1, -0.05) is 6.07 Å². The topological polar surface area (TPSA) is 72.3 Å². The van der Waals surface area contributed by atoms with Gasteiger partial charge in [0.1, 0.15) is 5.56 Å². The Balaban J connectivity index is 2.66. The third-order valence-corrected chi connectivity index (χ3v) is 2.32. The van der Waals surface area contributed by atoms with Gasteiger partial charge in [0.25, 0.3) is 0 Å². The number of ether oxygens (including phenoxy) is 1. The molecular weight excluding hydrogens is 220 g/mol. The maximum atomic E-state index is 11.2. The van der Waals surface area contributed by atoms with Crippen molar-refractivity contribution in [1.29, 1.82) is 0 Å². The van der Waals surface area contributed by atoms with Gasteiger partial charge in [-0.2, -0.15) is 0 Å². The highest BCUT2D eigenvalue weighted by Crippen LogP contribution is 2.28. The summed E-state index contributed by atoms with van der Waals surface area (Å²) in [6.07, 6.45) is 6.08. The predicted molar refractivity (Wildman–Crippen MR) is 61.0 cm³/mol. The molecule has 2 aromatic rings. The lowest BCUT2D eigenvalue weighted by Crippen LogP contribution is -2.04. The summed E-state index contributed by atoms with van der Waals surface area (Å²) in [6, 6.07) is 3.51. The molecule has 0 atom stereocenters. The number of aromatic carboxylic acids is 1. The number of rotatable bonds is 3. The van der Waals surface area contributed by atoms with Gasteiger partial charge in [-0.3, -0.25) is 9.97 Å². The number of pyridine rings is 2. The minimum atomic E-state index is -1.05. The van der Waals surface area contributed by atoms with Gasteiger partial charge < -0.3 is 9.84 Å². The number of carboxylic acid groups (broad SMARTS) is 1. The molecule has 0 unspecified atom stereocenters. The minimum absolute atomic E-state index is 0.0931. The van der Waals surface area contributed by atoms with Crippen LogP contribution in [0.4, 0.5) is 0 Å². The maximum absolute atomic E-state index is 11.2. The van der Waals surface area contributed by atoms with Gasteiger partial charge in [0.2, 0.25) is 0 Å². The molecule has 0 aliphatic heterocycles. The Bertz CT molecular complexity index is 541. The molecule has 86 valence electrons. The Hall–Kier alpha value is -2.43. The van der Waals surface area contributed by atoms with Crippen molar-refractivity contribution < 1.29 is 14.6 Å². The summed E-state index contributed by atoms with van der Waals surface area (Å²) < 4.78 is 5.01. The van der Waals surface area contributed by atoms with Crippen LogP contribution in [0.15, 0.2) is 36.9 Å². The smallest absolute Gasteiger partial charge is 0.340 e. The fraction of sp³-hybridized carbons (Fsp3) is 0.0833. The molecule has 0 spiro atoms. The molecule has 2 heterocycles. The largest absolute Gasteiger partial charge is 0.494 e. The summed E-state index contributed by atoms with van der Waals surface area (Å²) in [6.45, 7) is 0. The lowest BCUT2D eigenvalue weighted by atomic mass is 10.0. The van der Waals surface area contributed by atoms with E-state index in [9.17, 15) is 9.90 Å². The third kappa shape index (κ3) is 2.08. The number of carbonyl (C=O) groups is 1. The predicted octanol–water partition coefficient (Wildman–Crippen LogP) is 1.85. The fourth-order valence-corrected chi connectivity index (χ4v) is 1.56. The highest BCUT2D eigenvalue weighted by Gasteiger charge is 2.17. The molecule has 0 saturated heterocycles. The van der Waals surface area contributed by atoms with Crippen LogP contribution in [-0.4, -0.2) is 28.2 Å². The number of hydrogen-bond donors (Lipinski definition) is 1. The van der Waals surface area contributed by atoms with E-state index in [1.54, 1.807) is 24.5 Å². The summed E-state index contributed by atoms with van der Waals surface area (Å²) in [7, 11) is 1.41. The van der Waals surface area contributed by atoms with E-state index >= 15 is 0 Å². The quantitative estimate of drug-likeness (QED) is 0.871. The van der Waals surface area contributed by atoms with Gasteiger partial charge in [0.15, 0.2) is 5.75 Å². The molecule has 2 aromatic heterocycles. The van der Waals surface area contributed by atoms with Crippen LogP contribution in [0.2, 0.25) is 0 Å². The SMILES string of the molecule is COc1cncc(-c2cccnc2)c1C(=O)O. The Morgan fingerprint density at radius 2 is 2.12 bits per heavy atom. The summed E-state index contributed by atoms with van der Waals surface area (Å²) in [4.78, 5) is 19.2. The third-order valence-electron chi connectivity index (χ3n) is 2.32. The molecule has 0 amide bonds. The Morgan fingerprint density at radius 3 is 2.71 bits per heavy atom. The normalized spacial score (nSPS) is 9.94. The molecule has 0 bridgehead atoms. The van der Waals surface area contributed by atoms with Gasteiger partial charge in [-0.25, -0.2) is 4.79 Å². The van der Waals surface area contributed by atoms with Crippen LogP contribution in [0, 0.1) is 0 Å². The molecule has 5 nitrogen and oxygen atoms in total. The summed E-state index contributed by atoms with van der Waals surface area (Å²) in [5.41, 5.74) is 1.27. The van der Waals surface area contributed by atoms with Crippen molar-refractivity contribution in [3.05, 3.63) is 42.5 Å². The molecule has 0 aromatic carbocycles. The highest BCUT2D eigenvalue weighted by atomic mass is 16.5. The number of methoxy groups -OCH3 is 1. The Kier molecular flexibility index (Phi) is 3.00. The van der Waals surface area contributed by atoms with Crippen LogP contribution in [0.25, 0.3) is 11.1 Å². The number of aromatic nitrogens is 2. The molecular formula is C12H10N2O3. The van der Waals surface area contributed by atoms with E-state index in [0.29, 0.717) is 11.1 Å². The lowest BCUT2D eigenvalue weighted by Gasteiger charge is -2.09. The molecule has 0 saturated carbocycles. The van der Waals surface area contributed by atoms with E-state index in [2.05, 4.69) is 9.97 Å². The molecule has 0 aliphatic rings. The zero-order valence-electron chi connectivity index (χ0n) is 9.12. The van der Waals surface area contributed by atoms with E-state index in [1.807, 2.05) is 0 Å². The second-order valence-corrected chi connectivity index (χ2v) is 3.31. The number of hydrogen-bond acceptors (Lipinski definition) is 4. The van der Waals surface area contributed by atoms with Crippen molar-refractivity contribution >= 4 is 5.97 Å². The lowest BCUT2D eigenvalue weighted by molar-refractivity contribution is 0.0694. The minimum Gasteiger partial charge on any atom is -0.494 e. The van der Waals surface area contributed by atoms with Gasteiger partial charge in [-0.15, -0.1) is 0 Å². The molecule has 1 N–H and O–H groups in total. The van der Waals surface area contributed by atoms with E-state index in [1.165, 1.54) is 19.5 Å². The van der Waals surface area contributed by atoms with Crippen molar-refractivity contribution in [2.45, 2.75) is 0 Å². The van der Waals surface area contributed by atoms with Crippen molar-refractivity contribution in [3.8, 4) is 16.9 Å². The Morgan fingerprint density at radius 1 is 1.29 bits per heavy atom. The van der Waals surface area contributed by atoms with Crippen molar-refractivity contribution in [3.63, 3.8) is 0 Å². The first kappa shape index (κ1) is 11.1. The molecule has 17 heavy (non-hydrogen) atoms. The van der Waals surface area contributed by atoms with Gasteiger partial charge >= 0.3 is 5.97 Å². The first-order chi connectivity index (χ1) is 8.24. The van der Waals surface area contributed by atoms with Crippen LogP contribution in [0.3, 0.4) is 0 Å². The maximum Gasteiger partial charge on any atom is 0.340 e. The monoisotopic (exact) mass is 230 g/mol. The zero-order chi connectivity index (χ0) is 12.3. The summed E-state index contributed by atoms with van der Waals surface area (Å²) in [5, 5.41) is 9.21. The highest BCUT2D eigenvalue weighted by molar-refractivity contribution is 5.98. The molecule has 2 rings (SSSR count). The average molecular weight is 230 g/mol. The second kappa shape index (κ2) is 4.61. The zero-order valence-corrected chi connectivity index (χ0v) is 9.12. The standard InChI is InChI=1S/C12H10N2O3/c1-17-10-7-14-6-9(11(10)12(15)16)8-3-2-4-13-5-8/h2-7H,1H3,(H,15,16). The molecule has 0 radical (unpaired) electrons. The number of nitrogens with zero attached hydrogens (tertiary/aromatic N) is 2. The Labute approximate surface area is 97.7 Å². The van der Waals surface area contributed by atoms with Crippen LogP contribution in [-0.2, 0) is 0 Å². The van der Waals surface area contributed by atoms with Crippen LogP contribution in [0.1, 0.15) is 10.4 Å². The van der Waals surface area contributed by atoms with Crippen LogP contribution in [0.5, 0.6) is 5.75 Å². The van der Waals surface area contributed by atoms with E-state index < -0.39 is 5.97 Å². The molecule has 0 fully saturated rings. The van der Waals surface area contributed by atoms with Gasteiger partial charge in [0.05, 0.1) is 13.3 Å². The molecule has 0 aliphatic carbocycles. The van der Waals surface area contributed by atoms with Crippen LogP contribution < -0.4 is 4.74 Å². The second-order valence-electron chi connectivity index (χ2n) is 3.31. The summed E-state index contributed by atoms with van der Waals surface area (Å²) >= 11 is 0. The summed E-state index contributed by atoms with van der Waals surface area (Å²) in [5.74, 6) is -0.818. The van der Waals surface area contributed by atoms with Gasteiger partial charge in [-0.05, 0) is 6.07 Å². The number of carboxylic acids is 1. The van der Waals surface area contributed by atoms with Crippen molar-refractivity contribution in [2.75, 3.05) is 7.11 Å². The van der Waals surface area contributed by atoms with E-state index in [0.717, 1.165) is 0 Å². The first-order valence-corrected chi connectivity index (χ1v) is 4.89.